The van der Waals surface area contributed by atoms with Crippen LogP contribution in [-0.2, 0) is 0 Å². The molecule has 0 radical (unpaired) electrons. The van der Waals surface area contributed by atoms with Crippen LogP contribution < -0.4 is 10.6 Å². The Morgan fingerprint density at radius 2 is 2.11 bits per heavy atom. The van der Waals surface area contributed by atoms with Crippen LogP contribution in [-0.4, -0.2) is 24.5 Å². The van der Waals surface area contributed by atoms with Crippen molar-refractivity contribution in [2.24, 2.45) is 0 Å². The van der Waals surface area contributed by atoms with Crippen molar-refractivity contribution in [2.45, 2.75) is 39.5 Å². The maximum absolute atomic E-state index is 12.0. The van der Waals surface area contributed by atoms with E-state index in [-0.39, 0.29) is 5.91 Å². The normalized spacial score (nSPS) is 10.2. The largest absolute Gasteiger partial charge is 0.387 e. The molecule has 1 amide bonds. The molecule has 4 nitrogen and oxygen atoms in total. The van der Waals surface area contributed by atoms with E-state index in [1.807, 2.05) is 20.0 Å². The van der Waals surface area contributed by atoms with Crippen LogP contribution in [0.5, 0.6) is 0 Å². The highest BCUT2D eigenvalue weighted by atomic mass is 16.1. The summed E-state index contributed by atoms with van der Waals surface area (Å²) in [4.78, 5) is 16.1. The van der Waals surface area contributed by atoms with Gasteiger partial charge >= 0.3 is 0 Å². The smallest absolute Gasteiger partial charge is 0.254 e. The van der Waals surface area contributed by atoms with Crippen molar-refractivity contribution in [2.75, 3.05) is 18.9 Å². The minimum Gasteiger partial charge on any atom is -0.387 e. The second-order valence-corrected chi connectivity index (χ2v) is 4.44. The molecule has 100 valence electrons. The summed E-state index contributed by atoms with van der Waals surface area (Å²) < 4.78 is 0. The molecule has 0 saturated heterocycles. The van der Waals surface area contributed by atoms with E-state index in [0.717, 1.165) is 24.3 Å². The van der Waals surface area contributed by atoms with Gasteiger partial charge in [0.25, 0.3) is 5.91 Å². The number of unbranched alkanes of at least 4 members (excludes halogenated alkanes) is 3. The number of aromatic nitrogens is 1. The van der Waals surface area contributed by atoms with Gasteiger partial charge in [0.2, 0.25) is 0 Å². The molecule has 1 aromatic rings. The molecule has 0 aliphatic heterocycles. The lowest BCUT2D eigenvalue weighted by atomic mass is 10.2. The van der Waals surface area contributed by atoms with Gasteiger partial charge in [0.1, 0.15) is 0 Å². The molecule has 0 aliphatic rings. The summed E-state index contributed by atoms with van der Waals surface area (Å²) in [7, 11) is 1.81. The molecule has 0 fully saturated rings. The number of rotatable bonds is 7. The monoisotopic (exact) mass is 249 g/mol. The molecule has 0 aliphatic carbocycles. The first-order valence-electron chi connectivity index (χ1n) is 6.61. The first-order chi connectivity index (χ1) is 8.69. The Morgan fingerprint density at radius 3 is 2.78 bits per heavy atom. The fraction of sp³-hybridized carbons (Fsp3) is 0.571. The molecular weight excluding hydrogens is 226 g/mol. The Morgan fingerprint density at radius 1 is 1.33 bits per heavy atom. The first kappa shape index (κ1) is 14.5. The molecule has 0 spiro atoms. The Balaban J connectivity index is 2.51. The third-order valence-corrected chi connectivity index (χ3v) is 2.87. The fourth-order valence-electron chi connectivity index (χ4n) is 1.80. The number of hydrogen-bond acceptors (Lipinski definition) is 3. The Labute approximate surface area is 109 Å². The minimum atomic E-state index is -0.0525. The number of nitrogens with zero attached hydrogens (tertiary/aromatic N) is 1. The van der Waals surface area contributed by atoms with Gasteiger partial charge in [-0.3, -0.25) is 9.78 Å². The van der Waals surface area contributed by atoms with Crippen LogP contribution in [0.25, 0.3) is 0 Å². The molecule has 0 saturated carbocycles. The number of carbonyl (C=O) groups excluding carboxylic acids is 1. The summed E-state index contributed by atoms with van der Waals surface area (Å²) in [5, 5.41) is 5.96. The molecule has 0 atom stereocenters. The van der Waals surface area contributed by atoms with E-state index in [2.05, 4.69) is 22.5 Å². The summed E-state index contributed by atoms with van der Waals surface area (Å²) in [6.07, 6.45) is 6.27. The van der Waals surface area contributed by atoms with Crippen molar-refractivity contribution in [1.29, 1.82) is 0 Å². The summed E-state index contributed by atoms with van der Waals surface area (Å²) in [5.41, 5.74) is 2.34. The van der Waals surface area contributed by atoms with Gasteiger partial charge in [-0.25, -0.2) is 0 Å². The second-order valence-electron chi connectivity index (χ2n) is 4.44. The van der Waals surface area contributed by atoms with Gasteiger partial charge in [-0.1, -0.05) is 26.2 Å². The van der Waals surface area contributed by atoms with Crippen molar-refractivity contribution in [3.63, 3.8) is 0 Å². The number of hydrogen-bond donors (Lipinski definition) is 2. The van der Waals surface area contributed by atoms with E-state index in [9.17, 15) is 4.79 Å². The highest BCUT2D eigenvalue weighted by molar-refractivity contribution is 5.99. The lowest BCUT2D eigenvalue weighted by Gasteiger charge is -2.10. The van der Waals surface area contributed by atoms with Crippen LogP contribution in [0.4, 0.5) is 5.69 Å². The number of pyridine rings is 1. The average molecular weight is 249 g/mol. The molecule has 0 bridgehead atoms. The number of nitrogens with one attached hydrogen (secondary N) is 2. The first-order valence-corrected chi connectivity index (χ1v) is 6.61. The standard InChI is InChI=1S/C14H23N3O/c1-4-5-6-7-8-16-14(18)12-10-17-11(2)9-13(12)15-3/h9-10H,4-8H2,1-3H3,(H,15,17)(H,16,18). The van der Waals surface area contributed by atoms with Crippen molar-refractivity contribution < 1.29 is 4.79 Å². The van der Waals surface area contributed by atoms with Gasteiger partial charge in [-0.05, 0) is 19.4 Å². The molecule has 4 heteroatoms. The van der Waals surface area contributed by atoms with Gasteiger partial charge in [-0.2, -0.15) is 0 Å². The minimum absolute atomic E-state index is 0.0525. The van der Waals surface area contributed by atoms with Gasteiger partial charge in [0.15, 0.2) is 0 Å². The Bertz CT molecular complexity index is 391. The van der Waals surface area contributed by atoms with E-state index in [0.29, 0.717) is 5.56 Å². The average Bonchev–Trinajstić information content (AvgIpc) is 2.38. The van der Waals surface area contributed by atoms with Gasteiger partial charge < -0.3 is 10.6 Å². The maximum atomic E-state index is 12.0. The molecule has 18 heavy (non-hydrogen) atoms. The Hall–Kier alpha value is -1.58. The van der Waals surface area contributed by atoms with Crippen molar-refractivity contribution in [3.05, 3.63) is 23.5 Å². The number of amides is 1. The zero-order chi connectivity index (χ0) is 13.4. The molecule has 1 heterocycles. The van der Waals surface area contributed by atoms with Crippen LogP contribution in [0.2, 0.25) is 0 Å². The SMILES string of the molecule is CCCCCCNC(=O)c1cnc(C)cc1NC. The molecule has 0 aromatic carbocycles. The lowest BCUT2D eigenvalue weighted by Crippen LogP contribution is -2.25. The highest BCUT2D eigenvalue weighted by Crippen LogP contribution is 2.14. The number of carbonyl (C=O) groups is 1. The van der Waals surface area contributed by atoms with Gasteiger partial charge in [0.05, 0.1) is 11.3 Å². The van der Waals surface area contributed by atoms with E-state index < -0.39 is 0 Å². The van der Waals surface area contributed by atoms with Crippen LogP contribution >= 0.6 is 0 Å². The second kappa shape index (κ2) is 7.69. The van der Waals surface area contributed by atoms with E-state index in [4.69, 9.17) is 0 Å². The summed E-state index contributed by atoms with van der Waals surface area (Å²) in [6, 6.07) is 1.88. The van der Waals surface area contributed by atoms with Crippen molar-refractivity contribution in [3.8, 4) is 0 Å². The maximum Gasteiger partial charge on any atom is 0.254 e. The lowest BCUT2D eigenvalue weighted by molar-refractivity contribution is 0.0953. The fourth-order valence-corrected chi connectivity index (χ4v) is 1.80. The van der Waals surface area contributed by atoms with E-state index >= 15 is 0 Å². The predicted molar refractivity (Wildman–Crippen MR) is 75.0 cm³/mol. The summed E-state index contributed by atoms with van der Waals surface area (Å²) >= 11 is 0. The third-order valence-electron chi connectivity index (χ3n) is 2.87. The van der Waals surface area contributed by atoms with Crippen molar-refractivity contribution in [1.82, 2.24) is 10.3 Å². The molecule has 1 aromatic heterocycles. The topological polar surface area (TPSA) is 54.0 Å². The van der Waals surface area contributed by atoms with Crippen molar-refractivity contribution >= 4 is 11.6 Å². The predicted octanol–water partition coefficient (Wildman–Crippen LogP) is 2.74. The van der Waals surface area contributed by atoms with Crippen LogP contribution in [0.15, 0.2) is 12.3 Å². The summed E-state index contributed by atoms with van der Waals surface area (Å²) in [5.74, 6) is -0.0525. The van der Waals surface area contributed by atoms with E-state index in [1.165, 1.54) is 19.3 Å². The number of anilines is 1. The molecule has 1 rings (SSSR count). The molecular formula is C14H23N3O. The quantitative estimate of drug-likeness (QED) is 0.731. The molecule has 2 N–H and O–H groups in total. The number of aryl methyl sites for hydroxylation is 1. The Kier molecular flexibility index (Phi) is 6.19. The van der Waals surface area contributed by atoms with Gasteiger partial charge in [-0.15, -0.1) is 0 Å². The third kappa shape index (κ3) is 4.35. The highest BCUT2D eigenvalue weighted by Gasteiger charge is 2.10. The van der Waals surface area contributed by atoms with Crippen LogP contribution in [0, 0.1) is 6.92 Å². The van der Waals surface area contributed by atoms with Crippen LogP contribution in [0.3, 0.4) is 0 Å². The van der Waals surface area contributed by atoms with E-state index in [1.54, 1.807) is 6.20 Å². The summed E-state index contributed by atoms with van der Waals surface area (Å²) in [6.45, 7) is 4.82. The van der Waals surface area contributed by atoms with Crippen LogP contribution in [0.1, 0.15) is 48.7 Å². The zero-order valence-electron chi connectivity index (χ0n) is 11.5. The van der Waals surface area contributed by atoms with Gasteiger partial charge in [0, 0.05) is 25.5 Å². The molecule has 0 unspecified atom stereocenters. The zero-order valence-corrected chi connectivity index (χ0v) is 11.5.